The largest absolute Gasteiger partial charge is 0.466 e. The number of carbonyl (C=O) groups is 2. The molecular weight excluding hydrogens is 266 g/mol. The van der Waals surface area contributed by atoms with Crippen molar-refractivity contribution in [2.24, 2.45) is 11.8 Å². The van der Waals surface area contributed by atoms with Crippen LogP contribution in [0.2, 0.25) is 0 Å². The Balaban J connectivity index is 1.92. The molecule has 1 aromatic rings. The molecule has 1 aliphatic rings. The number of furan rings is 1. The summed E-state index contributed by atoms with van der Waals surface area (Å²) in [5, 5.41) is 0. The quantitative estimate of drug-likeness (QED) is 0.800. The van der Waals surface area contributed by atoms with Crippen molar-refractivity contribution in [2.75, 3.05) is 13.1 Å². The number of rotatable bonds is 4. The van der Waals surface area contributed by atoms with Crippen molar-refractivity contribution in [3.63, 3.8) is 0 Å². The van der Waals surface area contributed by atoms with E-state index in [1.165, 1.54) is 13.3 Å². The van der Waals surface area contributed by atoms with Gasteiger partial charge in [0, 0.05) is 25.9 Å². The molecule has 1 aliphatic heterocycles. The Labute approximate surface area is 126 Å². The van der Waals surface area contributed by atoms with E-state index in [-0.39, 0.29) is 11.7 Å². The van der Waals surface area contributed by atoms with E-state index in [4.69, 9.17) is 4.42 Å². The molecular formula is C17H25NO3. The van der Waals surface area contributed by atoms with Crippen molar-refractivity contribution in [2.45, 2.75) is 47.0 Å². The lowest BCUT2D eigenvalue weighted by atomic mass is 9.91. The lowest BCUT2D eigenvalue weighted by Crippen LogP contribution is -2.42. The topological polar surface area (TPSA) is 50.5 Å². The van der Waals surface area contributed by atoms with E-state index < -0.39 is 0 Å². The van der Waals surface area contributed by atoms with Crippen molar-refractivity contribution in [3.8, 4) is 0 Å². The first-order valence-electron chi connectivity index (χ1n) is 7.74. The summed E-state index contributed by atoms with van der Waals surface area (Å²) in [7, 11) is 0. The smallest absolute Gasteiger partial charge is 0.223 e. The normalized spacial score (nSPS) is 22.4. The maximum Gasteiger partial charge on any atom is 0.223 e. The summed E-state index contributed by atoms with van der Waals surface area (Å²) < 4.78 is 5.56. The predicted molar refractivity (Wildman–Crippen MR) is 81.3 cm³/mol. The van der Waals surface area contributed by atoms with Crippen LogP contribution in [0.4, 0.5) is 0 Å². The number of ketones is 1. The molecule has 4 nitrogen and oxygen atoms in total. The molecule has 0 aliphatic carbocycles. The first kappa shape index (κ1) is 15.8. The first-order chi connectivity index (χ1) is 9.86. The fourth-order valence-corrected chi connectivity index (χ4v) is 3.27. The Kier molecular flexibility index (Phi) is 4.86. The molecule has 4 heteroatoms. The highest BCUT2D eigenvalue weighted by Gasteiger charge is 2.25. The maximum atomic E-state index is 12.3. The summed E-state index contributed by atoms with van der Waals surface area (Å²) in [6.07, 6.45) is 2.21. The lowest BCUT2D eigenvalue weighted by molar-refractivity contribution is -0.133. The molecule has 0 aromatic carbocycles. The van der Waals surface area contributed by atoms with Gasteiger partial charge in [-0.2, -0.15) is 0 Å². The molecule has 2 rings (SSSR count). The molecule has 21 heavy (non-hydrogen) atoms. The molecule has 0 bridgehead atoms. The minimum absolute atomic E-state index is 0.00695. The Bertz CT molecular complexity index is 522. The highest BCUT2D eigenvalue weighted by Crippen LogP contribution is 2.22. The number of hydrogen-bond donors (Lipinski definition) is 0. The number of aryl methyl sites for hydroxylation is 2. The molecule has 0 saturated carbocycles. The first-order valence-corrected chi connectivity index (χ1v) is 7.74. The number of amides is 1. The molecule has 1 amide bonds. The second-order valence-corrected chi connectivity index (χ2v) is 6.48. The number of Topliss-reactive ketones (excluding diaryl/α,β-unsaturated/α-hetero) is 1. The zero-order valence-electron chi connectivity index (χ0n) is 13.4. The van der Waals surface area contributed by atoms with Crippen molar-refractivity contribution < 1.29 is 14.0 Å². The van der Waals surface area contributed by atoms with Crippen LogP contribution in [0.1, 0.15) is 55.5 Å². The monoisotopic (exact) mass is 291 g/mol. The second-order valence-electron chi connectivity index (χ2n) is 6.48. The van der Waals surface area contributed by atoms with Crippen molar-refractivity contribution in [1.82, 2.24) is 4.90 Å². The van der Waals surface area contributed by atoms with Crippen LogP contribution in [0, 0.1) is 18.8 Å². The third kappa shape index (κ3) is 3.96. The van der Waals surface area contributed by atoms with Gasteiger partial charge in [-0.05, 0) is 38.2 Å². The zero-order chi connectivity index (χ0) is 15.6. The van der Waals surface area contributed by atoms with Gasteiger partial charge in [-0.25, -0.2) is 0 Å². The Morgan fingerprint density at radius 2 is 1.90 bits per heavy atom. The number of hydrogen-bond acceptors (Lipinski definition) is 3. The van der Waals surface area contributed by atoms with Gasteiger partial charge in [-0.15, -0.1) is 0 Å². The van der Waals surface area contributed by atoms with Gasteiger partial charge in [0.15, 0.2) is 5.78 Å². The minimum Gasteiger partial charge on any atom is -0.466 e. The number of piperidine rings is 1. The molecule has 0 N–H and O–H groups in total. The van der Waals surface area contributed by atoms with Gasteiger partial charge in [0.25, 0.3) is 0 Å². The molecule has 1 fully saturated rings. The van der Waals surface area contributed by atoms with Crippen LogP contribution in [0.25, 0.3) is 0 Å². The molecule has 0 spiro atoms. The Morgan fingerprint density at radius 1 is 1.29 bits per heavy atom. The summed E-state index contributed by atoms with van der Waals surface area (Å²) in [6.45, 7) is 9.44. The van der Waals surface area contributed by atoms with Crippen molar-refractivity contribution >= 4 is 11.7 Å². The van der Waals surface area contributed by atoms with Gasteiger partial charge < -0.3 is 9.32 Å². The average molecular weight is 291 g/mol. The van der Waals surface area contributed by atoms with E-state index in [1.54, 1.807) is 13.0 Å². The summed E-state index contributed by atoms with van der Waals surface area (Å²) >= 11 is 0. The van der Waals surface area contributed by atoms with Gasteiger partial charge in [-0.3, -0.25) is 9.59 Å². The van der Waals surface area contributed by atoms with Crippen LogP contribution in [0.15, 0.2) is 10.5 Å². The Morgan fingerprint density at radius 3 is 2.43 bits per heavy atom. The van der Waals surface area contributed by atoms with Crippen LogP contribution >= 0.6 is 0 Å². The van der Waals surface area contributed by atoms with Gasteiger partial charge in [-0.1, -0.05) is 13.8 Å². The maximum absolute atomic E-state index is 12.3. The SMILES string of the molecule is CC(=O)c1cc(CCC(=O)N2C[C@H](C)C[C@H](C)C2)oc1C. The molecule has 116 valence electrons. The van der Waals surface area contributed by atoms with E-state index in [0.29, 0.717) is 36.0 Å². The molecule has 2 heterocycles. The van der Waals surface area contributed by atoms with Crippen molar-refractivity contribution in [1.29, 1.82) is 0 Å². The molecule has 2 atom stereocenters. The lowest BCUT2D eigenvalue weighted by Gasteiger charge is -2.35. The van der Waals surface area contributed by atoms with Crippen molar-refractivity contribution in [3.05, 3.63) is 23.2 Å². The van der Waals surface area contributed by atoms with E-state index >= 15 is 0 Å². The number of likely N-dealkylation sites (tertiary alicyclic amines) is 1. The molecule has 1 aromatic heterocycles. The van der Waals surface area contributed by atoms with Crippen LogP contribution in [0.3, 0.4) is 0 Å². The third-order valence-electron chi connectivity index (χ3n) is 4.15. The predicted octanol–water partition coefficient (Wildman–Crippen LogP) is 3.23. The van der Waals surface area contributed by atoms with Crippen LogP contribution in [-0.2, 0) is 11.2 Å². The number of nitrogens with zero attached hydrogens (tertiary/aromatic N) is 1. The van der Waals surface area contributed by atoms with Crippen LogP contribution in [-0.4, -0.2) is 29.7 Å². The molecule has 1 saturated heterocycles. The van der Waals surface area contributed by atoms with Gasteiger partial charge in [0.2, 0.25) is 5.91 Å². The fourth-order valence-electron chi connectivity index (χ4n) is 3.27. The summed E-state index contributed by atoms with van der Waals surface area (Å²) in [5.41, 5.74) is 0.623. The van der Waals surface area contributed by atoms with Gasteiger partial charge >= 0.3 is 0 Å². The van der Waals surface area contributed by atoms with Crippen LogP contribution < -0.4 is 0 Å². The second kappa shape index (κ2) is 6.46. The average Bonchev–Trinajstić information content (AvgIpc) is 2.76. The zero-order valence-corrected chi connectivity index (χ0v) is 13.4. The standard InChI is InChI=1S/C17H25NO3/c1-11-7-12(2)10-18(9-11)17(20)6-5-15-8-16(13(3)19)14(4)21-15/h8,11-12H,5-7,9-10H2,1-4H3/t11-,12+. The minimum atomic E-state index is 0.00695. The fraction of sp³-hybridized carbons (Fsp3) is 0.647. The third-order valence-corrected chi connectivity index (χ3v) is 4.15. The van der Waals surface area contributed by atoms with Gasteiger partial charge in [0.1, 0.15) is 11.5 Å². The summed E-state index contributed by atoms with van der Waals surface area (Å²) in [6, 6.07) is 1.77. The van der Waals surface area contributed by atoms with Gasteiger partial charge in [0.05, 0.1) is 5.56 Å². The Hall–Kier alpha value is -1.58. The van der Waals surface area contributed by atoms with E-state index in [0.717, 1.165) is 18.8 Å². The molecule has 0 radical (unpaired) electrons. The molecule has 0 unspecified atom stereocenters. The van der Waals surface area contributed by atoms with E-state index in [9.17, 15) is 9.59 Å². The highest BCUT2D eigenvalue weighted by molar-refractivity contribution is 5.95. The highest BCUT2D eigenvalue weighted by atomic mass is 16.3. The summed E-state index contributed by atoms with van der Waals surface area (Å²) in [5.74, 6) is 2.72. The van der Waals surface area contributed by atoms with E-state index in [2.05, 4.69) is 13.8 Å². The number of carbonyl (C=O) groups excluding carboxylic acids is 2. The van der Waals surface area contributed by atoms with E-state index in [1.807, 2.05) is 4.90 Å². The summed E-state index contributed by atoms with van der Waals surface area (Å²) in [4.78, 5) is 25.7. The van der Waals surface area contributed by atoms with Crippen LogP contribution in [0.5, 0.6) is 0 Å².